The van der Waals surface area contributed by atoms with Gasteiger partial charge in [-0.1, -0.05) is 30.7 Å². The van der Waals surface area contributed by atoms with Crippen LogP contribution in [0.5, 0.6) is 5.75 Å². The van der Waals surface area contributed by atoms with Gasteiger partial charge in [0.05, 0.1) is 18.6 Å². The maximum absolute atomic E-state index is 12.4. The number of nitrogens with zero attached hydrogens (tertiary/aromatic N) is 3. The van der Waals surface area contributed by atoms with Crippen molar-refractivity contribution in [2.45, 2.75) is 39.7 Å². The fourth-order valence-electron chi connectivity index (χ4n) is 4.58. The molecule has 4 rings (SSSR count). The summed E-state index contributed by atoms with van der Waals surface area (Å²) in [5.74, 6) is 0.515. The molecule has 0 bridgehead atoms. The lowest BCUT2D eigenvalue weighted by Crippen LogP contribution is -2.50. The molecule has 0 atom stereocenters. The first-order valence-electron chi connectivity index (χ1n) is 13.6. The number of nitrogens with one attached hydrogen (secondary N) is 1. The van der Waals surface area contributed by atoms with Crippen LogP contribution in [0, 0.1) is 0 Å². The number of benzene rings is 2. The number of aromatic nitrogens is 1. The highest BCUT2D eigenvalue weighted by atomic mass is 35.5. The third-order valence-electron chi connectivity index (χ3n) is 6.54. The Labute approximate surface area is 247 Å². The Hall–Kier alpha value is -3.50. The van der Waals surface area contributed by atoms with Crippen LogP contribution in [0.3, 0.4) is 0 Å². The van der Waals surface area contributed by atoms with E-state index in [-0.39, 0.29) is 11.8 Å². The van der Waals surface area contributed by atoms with E-state index in [1.165, 1.54) is 7.11 Å². The SMILES string of the molecule is CCCS(=O)(=O)Nc1cc(OC)cc(-c2cc(-c3ccc(N4CCN(C(=O)OC(C)(C)C)CC4)cc3)cnc2Cl)c1. The van der Waals surface area contributed by atoms with Gasteiger partial charge in [-0.3, -0.25) is 4.72 Å². The number of pyridine rings is 1. The lowest BCUT2D eigenvalue weighted by Gasteiger charge is -2.36. The molecule has 2 aromatic carbocycles. The molecule has 11 heteroatoms. The molecule has 0 spiro atoms. The van der Waals surface area contributed by atoms with E-state index in [1.54, 1.807) is 29.3 Å². The molecule has 0 radical (unpaired) electrons. The number of ether oxygens (including phenoxy) is 2. The molecule has 1 aliphatic rings. The van der Waals surface area contributed by atoms with Crippen molar-refractivity contribution in [3.8, 4) is 28.0 Å². The van der Waals surface area contributed by atoms with Crippen molar-refractivity contribution in [1.29, 1.82) is 0 Å². The van der Waals surface area contributed by atoms with Crippen molar-refractivity contribution in [2.24, 2.45) is 0 Å². The summed E-state index contributed by atoms with van der Waals surface area (Å²) in [5.41, 5.74) is 4.10. The lowest BCUT2D eigenvalue weighted by molar-refractivity contribution is 0.0240. The van der Waals surface area contributed by atoms with Gasteiger partial charge in [0.2, 0.25) is 10.0 Å². The van der Waals surface area contributed by atoms with Crippen LogP contribution in [0.1, 0.15) is 34.1 Å². The molecule has 1 aromatic heterocycles. The van der Waals surface area contributed by atoms with Gasteiger partial charge >= 0.3 is 6.09 Å². The van der Waals surface area contributed by atoms with Gasteiger partial charge in [-0.25, -0.2) is 18.2 Å². The molecule has 1 saturated heterocycles. The van der Waals surface area contributed by atoms with E-state index in [4.69, 9.17) is 21.1 Å². The summed E-state index contributed by atoms with van der Waals surface area (Å²) in [6, 6.07) is 15.3. The minimum absolute atomic E-state index is 0.0206. The van der Waals surface area contributed by atoms with Crippen LogP contribution in [0.15, 0.2) is 54.7 Å². The van der Waals surface area contributed by atoms with Gasteiger partial charge in [-0.2, -0.15) is 0 Å². The smallest absolute Gasteiger partial charge is 0.410 e. The molecule has 3 aromatic rings. The Kier molecular flexibility index (Phi) is 9.34. The maximum Gasteiger partial charge on any atom is 0.410 e. The lowest BCUT2D eigenvalue weighted by atomic mass is 10.0. The summed E-state index contributed by atoms with van der Waals surface area (Å²) >= 11 is 6.51. The Balaban J connectivity index is 1.52. The number of rotatable bonds is 8. The zero-order chi connectivity index (χ0) is 29.8. The first kappa shape index (κ1) is 30.5. The van der Waals surface area contributed by atoms with E-state index in [9.17, 15) is 13.2 Å². The average Bonchev–Trinajstić information content (AvgIpc) is 2.92. The topological polar surface area (TPSA) is 101 Å². The number of hydrogen-bond acceptors (Lipinski definition) is 7. The summed E-state index contributed by atoms with van der Waals surface area (Å²) < 4.78 is 38.3. The number of methoxy groups -OCH3 is 1. The first-order valence-corrected chi connectivity index (χ1v) is 15.6. The second-order valence-corrected chi connectivity index (χ2v) is 13.1. The summed E-state index contributed by atoms with van der Waals surface area (Å²) in [6.07, 6.45) is 1.94. The van der Waals surface area contributed by atoms with Crippen LogP contribution in [-0.2, 0) is 14.8 Å². The monoisotopic (exact) mass is 600 g/mol. The van der Waals surface area contributed by atoms with E-state index < -0.39 is 15.6 Å². The first-order chi connectivity index (χ1) is 19.4. The van der Waals surface area contributed by atoms with Crippen LogP contribution >= 0.6 is 11.6 Å². The molecule has 0 unspecified atom stereocenters. The molecule has 1 N–H and O–H groups in total. The van der Waals surface area contributed by atoms with Crippen LogP contribution in [-0.4, -0.2) is 69.0 Å². The minimum atomic E-state index is -3.48. The molecule has 2 heterocycles. The van der Waals surface area contributed by atoms with E-state index in [2.05, 4.69) is 26.7 Å². The number of sulfonamides is 1. The second kappa shape index (κ2) is 12.6. The van der Waals surface area contributed by atoms with E-state index >= 15 is 0 Å². The van der Waals surface area contributed by atoms with Crippen molar-refractivity contribution >= 4 is 39.1 Å². The number of carbonyl (C=O) groups is 1. The molecule has 0 saturated carbocycles. The fraction of sp³-hybridized carbons (Fsp3) is 0.400. The van der Waals surface area contributed by atoms with Crippen molar-refractivity contribution in [2.75, 3.05) is 48.7 Å². The van der Waals surface area contributed by atoms with Crippen LogP contribution < -0.4 is 14.4 Å². The number of carbonyl (C=O) groups excluding carboxylic acids is 1. The number of piperazine rings is 1. The molecule has 0 aliphatic carbocycles. The Morgan fingerprint density at radius 2 is 1.68 bits per heavy atom. The summed E-state index contributed by atoms with van der Waals surface area (Å²) in [7, 11) is -1.96. The summed E-state index contributed by atoms with van der Waals surface area (Å²) in [6.45, 7) is 10.0. The highest BCUT2D eigenvalue weighted by molar-refractivity contribution is 7.92. The van der Waals surface area contributed by atoms with Crippen molar-refractivity contribution < 1.29 is 22.7 Å². The molecule has 9 nitrogen and oxygen atoms in total. The highest BCUT2D eigenvalue weighted by Crippen LogP contribution is 2.35. The van der Waals surface area contributed by atoms with Crippen LogP contribution in [0.4, 0.5) is 16.2 Å². The van der Waals surface area contributed by atoms with Gasteiger partial charge in [0, 0.05) is 55.3 Å². The normalized spacial score (nSPS) is 14.1. The van der Waals surface area contributed by atoms with E-state index in [0.29, 0.717) is 60.3 Å². The zero-order valence-electron chi connectivity index (χ0n) is 24.1. The number of halogens is 1. The Morgan fingerprint density at radius 3 is 2.29 bits per heavy atom. The highest BCUT2D eigenvalue weighted by Gasteiger charge is 2.26. The third kappa shape index (κ3) is 8.04. The molecule has 41 heavy (non-hydrogen) atoms. The van der Waals surface area contributed by atoms with Gasteiger partial charge < -0.3 is 19.3 Å². The number of hydrogen-bond donors (Lipinski definition) is 1. The largest absolute Gasteiger partial charge is 0.497 e. The minimum Gasteiger partial charge on any atom is -0.497 e. The van der Waals surface area contributed by atoms with Gasteiger partial charge in [0.1, 0.15) is 16.5 Å². The standard InChI is InChI=1S/C30H37ClN4O5S/c1-6-15-41(37,38)33-24-16-22(17-26(19-24)39-5)27-18-23(20-32-28(27)31)21-7-9-25(10-8-21)34-11-13-35(14-12-34)29(36)40-30(2,3)4/h7-10,16-20,33H,6,11-15H2,1-5H3. The third-order valence-corrected chi connectivity index (χ3v) is 8.33. The quantitative estimate of drug-likeness (QED) is 0.303. The molecular formula is C30H37ClN4O5S. The average molecular weight is 601 g/mol. The maximum atomic E-state index is 12.4. The number of amides is 1. The van der Waals surface area contributed by atoms with Crippen LogP contribution in [0.25, 0.3) is 22.3 Å². The molecular weight excluding hydrogens is 564 g/mol. The Morgan fingerprint density at radius 1 is 1.00 bits per heavy atom. The van der Waals surface area contributed by atoms with Crippen molar-refractivity contribution in [3.05, 3.63) is 59.9 Å². The molecule has 1 fully saturated rings. The Bertz CT molecular complexity index is 1480. The fourth-order valence-corrected chi connectivity index (χ4v) is 5.91. The summed E-state index contributed by atoms with van der Waals surface area (Å²) in [5, 5.41) is 0.295. The molecule has 1 amide bonds. The number of anilines is 2. The van der Waals surface area contributed by atoms with Crippen LogP contribution in [0.2, 0.25) is 5.15 Å². The van der Waals surface area contributed by atoms with Gasteiger partial charge in [-0.05, 0) is 68.7 Å². The molecule has 1 aliphatic heterocycles. The van der Waals surface area contributed by atoms with Crippen molar-refractivity contribution in [1.82, 2.24) is 9.88 Å². The predicted octanol–water partition coefficient (Wildman–Crippen LogP) is 6.29. The van der Waals surface area contributed by atoms with Gasteiger partial charge in [0.25, 0.3) is 0 Å². The van der Waals surface area contributed by atoms with E-state index in [0.717, 1.165) is 16.8 Å². The summed E-state index contributed by atoms with van der Waals surface area (Å²) in [4.78, 5) is 20.8. The second-order valence-electron chi connectivity index (χ2n) is 10.9. The van der Waals surface area contributed by atoms with Gasteiger partial charge in [-0.15, -0.1) is 0 Å². The molecule has 220 valence electrons. The zero-order valence-corrected chi connectivity index (χ0v) is 25.7. The van der Waals surface area contributed by atoms with Crippen molar-refractivity contribution in [3.63, 3.8) is 0 Å². The predicted molar refractivity (Wildman–Crippen MR) is 164 cm³/mol. The van der Waals surface area contributed by atoms with E-state index in [1.807, 2.05) is 45.9 Å². The van der Waals surface area contributed by atoms with Gasteiger partial charge in [0.15, 0.2) is 0 Å².